The van der Waals surface area contributed by atoms with E-state index in [9.17, 15) is 9.13 Å². The van der Waals surface area contributed by atoms with Crippen molar-refractivity contribution < 1.29 is 32.0 Å². The molecule has 0 saturated heterocycles. The zero-order valence-corrected chi connectivity index (χ0v) is 20.8. The summed E-state index contributed by atoms with van der Waals surface area (Å²) >= 11 is 0. The quantitative estimate of drug-likeness (QED) is 0.285. The van der Waals surface area contributed by atoms with Crippen LogP contribution < -0.4 is 4.74 Å². The maximum Gasteiger partial charge on any atom is 0.346 e. The fourth-order valence-corrected chi connectivity index (χ4v) is 8.81. The van der Waals surface area contributed by atoms with Crippen LogP contribution in [0.1, 0.15) is 40.2 Å². The molecule has 2 aromatic rings. The van der Waals surface area contributed by atoms with Crippen molar-refractivity contribution in [3.63, 3.8) is 0 Å². The van der Waals surface area contributed by atoms with Crippen LogP contribution in [0.4, 0.5) is 0 Å². The first-order chi connectivity index (χ1) is 14.9. The predicted molar refractivity (Wildman–Crippen MR) is 124 cm³/mol. The van der Waals surface area contributed by atoms with Gasteiger partial charge in [-0.2, -0.15) is 0 Å². The summed E-state index contributed by atoms with van der Waals surface area (Å²) in [4.78, 5) is 0. The maximum absolute atomic E-state index is 13.9. The standard InChI is InChI=1S/C22H34O7P2/c1-6-25-21-16-15-18-13-11-12-14-19(18)20(21)17-22(30(23,26-7-2)27-8-3)31(24,28-9-4)29-10-5/h11-16,22H,6-10,17H2,1-5H3. The van der Waals surface area contributed by atoms with E-state index in [1.807, 2.05) is 43.3 Å². The molecule has 0 atom stereocenters. The van der Waals surface area contributed by atoms with E-state index in [4.69, 9.17) is 22.8 Å². The molecule has 0 aliphatic rings. The molecule has 0 aliphatic heterocycles. The minimum absolute atomic E-state index is 0.0885. The molecule has 0 heterocycles. The lowest BCUT2D eigenvalue weighted by molar-refractivity contribution is 0.195. The normalized spacial score (nSPS) is 12.6. The highest BCUT2D eigenvalue weighted by molar-refractivity contribution is 7.72. The lowest BCUT2D eigenvalue weighted by Gasteiger charge is -2.32. The van der Waals surface area contributed by atoms with E-state index >= 15 is 0 Å². The molecule has 0 fully saturated rings. The van der Waals surface area contributed by atoms with E-state index in [1.54, 1.807) is 27.7 Å². The number of hydrogen-bond acceptors (Lipinski definition) is 7. The zero-order valence-electron chi connectivity index (χ0n) is 19.0. The monoisotopic (exact) mass is 472 g/mol. The van der Waals surface area contributed by atoms with Gasteiger partial charge in [-0.05, 0) is 51.5 Å². The van der Waals surface area contributed by atoms with Gasteiger partial charge in [0.05, 0.1) is 33.0 Å². The van der Waals surface area contributed by atoms with Gasteiger partial charge < -0.3 is 22.8 Å². The average Bonchev–Trinajstić information content (AvgIpc) is 2.73. The Morgan fingerprint density at radius 3 is 1.71 bits per heavy atom. The summed E-state index contributed by atoms with van der Waals surface area (Å²) in [6.45, 7) is 9.79. The van der Waals surface area contributed by atoms with Crippen LogP contribution in [0.15, 0.2) is 36.4 Å². The van der Waals surface area contributed by atoms with Crippen LogP contribution in [0.2, 0.25) is 0 Å². The Balaban J connectivity index is 2.72. The summed E-state index contributed by atoms with van der Waals surface area (Å²) in [5, 5.41) is 0.771. The molecule has 0 aromatic heterocycles. The molecule has 0 unspecified atom stereocenters. The van der Waals surface area contributed by atoms with Crippen molar-refractivity contribution in [2.75, 3.05) is 33.0 Å². The number of fused-ring (bicyclic) bond motifs is 1. The van der Waals surface area contributed by atoms with Gasteiger partial charge in [0, 0.05) is 12.0 Å². The third-order valence-corrected chi connectivity index (χ3v) is 10.6. The molecule has 174 valence electrons. The SMILES string of the molecule is CCOc1ccc2ccccc2c1CC(P(=O)(OCC)OCC)P(=O)(OCC)OCC. The minimum Gasteiger partial charge on any atom is -0.494 e. The Morgan fingerprint density at radius 1 is 0.710 bits per heavy atom. The highest BCUT2D eigenvalue weighted by atomic mass is 31.2. The Morgan fingerprint density at radius 2 is 1.23 bits per heavy atom. The molecule has 0 spiro atoms. The van der Waals surface area contributed by atoms with Gasteiger partial charge in [0.25, 0.3) is 0 Å². The van der Waals surface area contributed by atoms with Crippen molar-refractivity contribution in [1.29, 1.82) is 0 Å². The van der Waals surface area contributed by atoms with Crippen LogP contribution >= 0.6 is 15.2 Å². The summed E-state index contributed by atoms with van der Waals surface area (Å²) in [5.74, 6) is 0.630. The second kappa shape index (κ2) is 12.2. The second-order valence-electron chi connectivity index (χ2n) is 6.63. The van der Waals surface area contributed by atoms with Crippen LogP contribution in [-0.4, -0.2) is 38.4 Å². The fourth-order valence-electron chi connectivity index (χ4n) is 3.54. The molecule has 0 N–H and O–H groups in total. The lowest BCUT2D eigenvalue weighted by Crippen LogP contribution is -2.21. The Bertz CT molecular complexity index is 881. The summed E-state index contributed by atoms with van der Waals surface area (Å²) in [7, 11) is -7.72. The highest BCUT2D eigenvalue weighted by Crippen LogP contribution is 2.71. The topological polar surface area (TPSA) is 80.3 Å². The average molecular weight is 472 g/mol. The number of rotatable bonds is 14. The van der Waals surface area contributed by atoms with Crippen molar-refractivity contribution in [2.45, 2.75) is 46.4 Å². The van der Waals surface area contributed by atoms with E-state index in [2.05, 4.69) is 0 Å². The van der Waals surface area contributed by atoms with E-state index < -0.39 is 20.6 Å². The van der Waals surface area contributed by atoms with Crippen molar-refractivity contribution in [2.24, 2.45) is 0 Å². The van der Waals surface area contributed by atoms with Gasteiger partial charge in [-0.25, -0.2) is 0 Å². The summed E-state index contributed by atoms with van der Waals surface area (Å²) in [5.41, 5.74) is 0.768. The Hall–Kier alpha value is -1.20. The first kappa shape index (κ1) is 26.1. The van der Waals surface area contributed by atoms with E-state index in [0.717, 1.165) is 16.3 Å². The van der Waals surface area contributed by atoms with Crippen LogP contribution in [0, 0.1) is 0 Å². The minimum atomic E-state index is -3.86. The smallest absolute Gasteiger partial charge is 0.346 e. The number of benzene rings is 2. The summed E-state index contributed by atoms with van der Waals surface area (Å²) < 4.78 is 56.1. The van der Waals surface area contributed by atoms with Crippen LogP contribution in [0.3, 0.4) is 0 Å². The van der Waals surface area contributed by atoms with Crippen LogP contribution in [-0.2, 0) is 33.6 Å². The molecule has 9 heteroatoms. The van der Waals surface area contributed by atoms with E-state index in [-0.39, 0.29) is 32.8 Å². The third kappa shape index (κ3) is 6.19. The summed E-state index contributed by atoms with van der Waals surface area (Å²) in [6.07, 6.45) is 0.0885. The molecule has 0 amide bonds. The lowest BCUT2D eigenvalue weighted by atomic mass is 10.0. The van der Waals surface area contributed by atoms with Crippen molar-refractivity contribution in [1.82, 2.24) is 0 Å². The molecule has 0 radical (unpaired) electrons. The molecule has 2 rings (SSSR count). The van der Waals surface area contributed by atoms with Crippen molar-refractivity contribution in [3.8, 4) is 5.75 Å². The van der Waals surface area contributed by atoms with Gasteiger partial charge in [0.2, 0.25) is 0 Å². The molecule has 2 aromatic carbocycles. The highest BCUT2D eigenvalue weighted by Gasteiger charge is 2.51. The van der Waals surface area contributed by atoms with Gasteiger partial charge in [0.15, 0.2) is 5.40 Å². The van der Waals surface area contributed by atoms with Gasteiger partial charge in [-0.3, -0.25) is 9.13 Å². The van der Waals surface area contributed by atoms with Gasteiger partial charge in [-0.1, -0.05) is 30.3 Å². The van der Waals surface area contributed by atoms with Crippen LogP contribution in [0.5, 0.6) is 5.75 Å². The van der Waals surface area contributed by atoms with Gasteiger partial charge in [0.1, 0.15) is 5.75 Å². The Kier molecular flexibility index (Phi) is 10.2. The second-order valence-corrected chi connectivity index (χ2v) is 11.5. The molecule has 0 aliphatic carbocycles. The molecular formula is C22H34O7P2. The summed E-state index contributed by atoms with van der Waals surface area (Å²) in [6, 6.07) is 11.7. The Labute approximate surface area is 185 Å². The number of ether oxygens (including phenoxy) is 1. The molecule has 7 nitrogen and oxygen atoms in total. The third-order valence-electron chi connectivity index (χ3n) is 4.65. The largest absolute Gasteiger partial charge is 0.494 e. The molecule has 0 bridgehead atoms. The number of hydrogen-bond donors (Lipinski definition) is 0. The van der Waals surface area contributed by atoms with Crippen molar-refractivity contribution >= 4 is 26.0 Å². The van der Waals surface area contributed by atoms with E-state index in [1.165, 1.54) is 0 Å². The molecule has 31 heavy (non-hydrogen) atoms. The zero-order chi connectivity index (χ0) is 22.9. The fraction of sp³-hybridized carbons (Fsp3) is 0.545. The molecule has 0 saturated carbocycles. The van der Waals surface area contributed by atoms with E-state index in [0.29, 0.717) is 12.4 Å². The van der Waals surface area contributed by atoms with Crippen molar-refractivity contribution in [3.05, 3.63) is 42.0 Å². The maximum atomic E-state index is 13.9. The first-order valence-electron chi connectivity index (χ1n) is 10.8. The first-order valence-corrected chi connectivity index (χ1v) is 14.0. The predicted octanol–water partition coefficient (Wildman–Crippen LogP) is 6.64. The van der Waals surface area contributed by atoms with Gasteiger partial charge in [-0.15, -0.1) is 0 Å². The van der Waals surface area contributed by atoms with Crippen LogP contribution in [0.25, 0.3) is 10.8 Å². The van der Waals surface area contributed by atoms with Gasteiger partial charge >= 0.3 is 15.2 Å². The molecular weight excluding hydrogens is 438 g/mol.